The number of benzene rings is 1. The molecule has 0 aliphatic carbocycles. The Hall–Kier alpha value is -1.71. The normalized spacial score (nSPS) is 15.2. The molecule has 0 bridgehead atoms. The van der Waals surface area contributed by atoms with Crippen LogP contribution in [0, 0.1) is 0 Å². The van der Waals surface area contributed by atoms with E-state index in [9.17, 15) is 4.79 Å². The summed E-state index contributed by atoms with van der Waals surface area (Å²) in [7, 11) is 0. The third kappa shape index (κ3) is 3.40. The van der Waals surface area contributed by atoms with E-state index < -0.39 is 0 Å². The van der Waals surface area contributed by atoms with Gasteiger partial charge in [0.15, 0.2) is 0 Å². The number of fused-ring (bicyclic) bond motifs is 1. The Bertz CT molecular complexity index is 459. The molecule has 1 aliphatic rings. The van der Waals surface area contributed by atoms with Crippen molar-refractivity contribution in [3.8, 4) is 0 Å². The molecule has 1 aliphatic heterocycles. The summed E-state index contributed by atoms with van der Waals surface area (Å²) in [5.41, 5.74) is 8.96. The van der Waals surface area contributed by atoms with Crippen molar-refractivity contribution < 1.29 is 4.79 Å². The summed E-state index contributed by atoms with van der Waals surface area (Å²) in [6, 6.07) is 6.17. The first kappa shape index (κ1) is 13.7. The van der Waals surface area contributed by atoms with Gasteiger partial charge in [-0.1, -0.05) is 13.3 Å². The van der Waals surface area contributed by atoms with Crippen molar-refractivity contribution in [2.24, 2.45) is 0 Å². The molecule has 4 heteroatoms. The van der Waals surface area contributed by atoms with E-state index in [2.05, 4.69) is 24.1 Å². The van der Waals surface area contributed by atoms with E-state index in [1.807, 2.05) is 18.2 Å². The summed E-state index contributed by atoms with van der Waals surface area (Å²) in [5.74, 6) is 0.102. The fourth-order valence-electron chi connectivity index (χ4n) is 2.65. The number of hydrogen-bond acceptors (Lipinski definition) is 3. The van der Waals surface area contributed by atoms with Crippen molar-refractivity contribution in [2.45, 2.75) is 39.2 Å². The number of nitrogens with one attached hydrogen (secondary N) is 1. The highest BCUT2D eigenvalue weighted by atomic mass is 16.2. The summed E-state index contributed by atoms with van der Waals surface area (Å²) in [4.78, 5) is 14.1. The third-order valence-electron chi connectivity index (χ3n) is 3.56. The number of rotatable bonds is 5. The Kier molecular flexibility index (Phi) is 4.30. The zero-order valence-electron chi connectivity index (χ0n) is 11.8. The van der Waals surface area contributed by atoms with Gasteiger partial charge in [0.1, 0.15) is 0 Å². The van der Waals surface area contributed by atoms with Crippen molar-refractivity contribution in [1.82, 2.24) is 5.32 Å². The third-order valence-corrected chi connectivity index (χ3v) is 3.56. The Labute approximate surface area is 115 Å². The lowest BCUT2D eigenvalue weighted by Gasteiger charge is -2.20. The van der Waals surface area contributed by atoms with Gasteiger partial charge < -0.3 is 16.0 Å². The highest BCUT2D eigenvalue weighted by molar-refractivity contribution is 5.82. The van der Waals surface area contributed by atoms with E-state index in [1.165, 1.54) is 5.56 Å². The van der Waals surface area contributed by atoms with Gasteiger partial charge >= 0.3 is 0 Å². The molecule has 0 aromatic heterocycles. The molecule has 1 aromatic carbocycles. The number of amides is 1. The summed E-state index contributed by atoms with van der Waals surface area (Å²) < 4.78 is 0. The molecule has 2 rings (SSSR count). The number of carbonyl (C=O) groups excluding carboxylic acids is 1. The Morgan fingerprint density at radius 1 is 1.53 bits per heavy atom. The molecule has 1 heterocycles. The molecule has 3 N–H and O–H groups in total. The molecule has 1 unspecified atom stereocenters. The van der Waals surface area contributed by atoms with Crippen LogP contribution in [0.15, 0.2) is 18.2 Å². The van der Waals surface area contributed by atoms with Crippen LogP contribution < -0.4 is 16.0 Å². The Morgan fingerprint density at radius 3 is 3.05 bits per heavy atom. The largest absolute Gasteiger partial charge is 0.399 e. The van der Waals surface area contributed by atoms with E-state index >= 15 is 0 Å². The highest BCUT2D eigenvalue weighted by Gasteiger charge is 2.21. The number of anilines is 2. The molecular weight excluding hydrogens is 238 g/mol. The van der Waals surface area contributed by atoms with Gasteiger partial charge in [-0.2, -0.15) is 0 Å². The van der Waals surface area contributed by atoms with Gasteiger partial charge in [0.05, 0.1) is 6.54 Å². The second kappa shape index (κ2) is 5.95. The number of nitrogens with two attached hydrogens (primary N) is 1. The first-order valence-corrected chi connectivity index (χ1v) is 7.03. The maximum Gasteiger partial charge on any atom is 0.239 e. The van der Waals surface area contributed by atoms with E-state index in [0.29, 0.717) is 6.54 Å². The lowest BCUT2D eigenvalue weighted by molar-refractivity contribution is -0.120. The number of hydrogen-bond donors (Lipinski definition) is 2. The number of carbonyl (C=O) groups is 1. The molecule has 0 fully saturated rings. The average molecular weight is 261 g/mol. The maximum atomic E-state index is 12.0. The molecule has 1 amide bonds. The van der Waals surface area contributed by atoms with Crippen LogP contribution in [0.4, 0.5) is 11.4 Å². The summed E-state index contributed by atoms with van der Waals surface area (Å²) >= 11 is 0. The smallest absolute Gasteiger partial charge is 0.239 e. The molecule has 0 saturated carbocycles. The molecule has 0 spiro atoms. The second-order valence-corrected chi connectivity index (χ2v) is 5.32. The van der Waals surface area contributed by atoms with Gasteiger partial charge in [0.25, 0.3) is 0 Å². The first-order valence-electron chi connectivity index (χ1n) is 7.03. The molecule has 0 radical (unpaired) electrons. The first-order chi connectivity index (χ1) is 9.10. The molecule has 1 atom stereocenters. The maximum absolute atomic E-state index is 12.0. The lowest BCUT2D eigenvalue weighted by Crippen LogP contribution is -2.40. The van der Waals surface area contributed by atoms with E-state index in [0.717, 1.165) is 37.2 Å². The molecule has 1 aromatic rings. The van der Waals surface area contributed by atoms with Crippen LogP contribution >= 0.6 is 0 Å². The minimum Gasteiger partial charge on any atom is -0.399 e. The quantitative estimate of drug-likeness (QED) is 0.796. The molecule has 0 saturated heterocycles. The van der Waals surface area contributed by atoms with Crippen molar-refractivity contribution in [2.75, 3.05) is 23.7 Å². The molecule has 4 nitrogen and oxygen atoms in total. The Morgan fingerprint density at radius 2 is 2.32 bits per heavy atom. The number of nitrogen functional groups attached to an aromatic ring is 1. The van der Waals surface area contributed by atoms with E-state index in [1.54, 1.807) is 0 Å². The van der Waals surface area contributed by atoms with Crippen molar-refractivity contribution in [1.29, 1.82) is 0 Å². The monoisotopic (exact) mass is 261 g/mol. The van der Waals surface area contributed by atoms with Crippen molar-refractivity contribution in [3.63, 3.8) is 0 Å². The Balaban J connectivity index is 1.93. The zero-order chi connectivity index (χ0) is 13.8. The predicted molar refractivity (Wildman–Crippen MR) is 79.3 cm³/mol. The van der Waals surface area contributed by atoms with Gasteiger partial charge in [0, 0.05) is 24.0 Å². The minimum atomic E-state index is 0.102. The van der Waals surface area contributed by atoms with Gasteiger partial charge in [0.2, 0.25) is 5.91 Å². The zero-order valence-corrected chi connectivity index (χ0v) is 11.8. The van der Waals surface area contributed by atoms with Crippen LogP contribution in [0.3, 0.4) is 0 Å². The van der Waals surface area contributed by atoms with Gasteiger partial charge in [-0.3, -0.25) is 4.79 Å². The topological polar surface area (TPSA) is 58.4 Å². The van der Waals surface area contributed by atoms with Crippen LogP contribution in [0.5, 0.6) is 0 Å². The summed E-state index contributed by atoms with van der Waals surface area (Å²) in [6.45, 7) is 5.52. The summed E-state index contributed by atoms with van der Waals surface area (Å²) in [5, 5.41) is 3.04. The molecular formula is C15H23N3O. The van der Waals surface area contributed by atoms with Crippen LogP contribution in [0.1, 0.15) is 32.3 Å². The fraction of sp³-hybridized carbons (Fsp3) is 0.533. The van der Waals surface area contributed by atoms with E-state index in [-0.39, 0.29) is 11.9 Å². The number of nitrogens with zero attached hydrogens (tertiary/aromatic N) is 1. The van der Waals surface area contributed by atoms with Crippen LogP contribution in [0.25, 0.3) is 0 Å². The van der Waals surface area contributed by atoms with Crippen LogP contribution in [0.2, 0.25) is 0 Å². The summed E-state index contributed by atoms with van der Waals surface area (Å²) in [6.07, 6.45) is 3.09. The standard InChI is InChI=1S/C15H23N3O/c1-3-4-11(2)17-15(19)10-18-8-7-12-9-13(16)5-6-14(12)18/h5-6,9,11H,3-4,7-8,10,16H2,1-2H3,(H,17,19). The molecule has 19 heavy (non-hydrogen) atoms. The highest BCUT2D eigenvalue weighted by Crippen LogP contribution is 2.29. The van der Waals surface area contributed by atoms with Gasteiger partial charge in [-0.15, -0.1) is 0 Å². The average Bonchev–Trinajstić information content (AvgIpc) is 2.71. The molecule has 104 valence electrons. The van der Waals surface area contributed by atoms with Gasteiger partial charge in [-0.05, 0) is 43.5 Å². The van der Waals surface area contributed by atoms with E-state index in [4.69, 9.17) is 5.73 Å². The predicted octanol–water partition coefficient (Wildman–Crippen LogP) is 1.94. The van der Waals surface area contributed by atoms with Crippen LogP contribution in [-0.4, -0.2) is 25.0 Å². The van der Waals surface area contributed by atoms with Crippen molar-refractivity contribution >= 4 is 17.3 Å². The van der Waals surface area contributed by atoms with Crippen LogP contribution in [-0.2, 0) is 11.2 Å². The van der Waals surface area contributed by atoms with Crippen molar-refractivity contribution in [3.05, 3.63) is 23.8 Å². The lowest BCUT2D eigenvalue weighted by atomic mass is 10.1. The fourth-order valence-corrected chi connectivity index (χ4v) is 2.65. The minimum absolute atomic E-state index is 0.102. The SMILES string of the molecule is CCCC(C)NC(=O)CN1CCc2cc(N)ccc21. The second-order valence-electron chi connectivity index (χ2n) is 5.32. The van der Waals surface area contributed by atoms with Gasteiger partial charge in [-0.25, -0.2) is 0 Å².